The number of thiocarbonyl (C=S) groups is 1. The quantitative estimate of drug-likeness (QED) is 0.591. The van der Waals surface area contributed by atoms with Crippen molar-refractivity contribution in [1.82, 2.24) is 9.80 Å². The van der Waals surface area contributed by atoms with Crippen LogP contribution in [0, 0.1) is 0 Å². The molecule has 1 N–H and O–H groups in total. The van der Waals surface area contributed by atoms with Crippen LogP contribution in [-0.2, 0) is 9.59 Å². The Bertz CT molecular complexity index is 700. The summed E-state index contributed by atoms with van der Waals surface area (Å²) in [7, 11) is 0. The minimum atomic E-state index is -0.185. The number of rotatable bonds is 6. The third-order valence-corrected chi connectivity index (χ3v) is 6.03. The SMILES string of the molecule is O=C1C(=Cc2ccco2)SC(=S)N1CCC(=O)N1CCCCC1CCO. The van der Waals surface area contributed by atoms with Gasteiger partial charge in [0, 0.05) is 38.2 Å². The molecule has 2 aliphatic heterocycles. The van der Waals surface area contributed by atoms with Crippen LogP contribution in [0.2, 0.25) is 0 Å². The van der Waals surface area contributed by atoms with Crippen molar-refractivity contribution in [2.75, 3.05) is 19.7 Å². The maximum absolute atomic E-state index is 12.6. The molecule has 6 nitrogen and oxygen atoms in total. The number of hydrogen-bond acceptors (Lipinski definition) is 6. The summed E-state index contributed by atoms with van der Waals surface area (Å²) in [6, 6.07) is 3.63. The zero-order chi connectivity index (χ0) is 18.5. The highest BCUT2D eigenvalue weighted by atomic mass is 32.2. The van der Waals surface area contributed by atoms with Gasteiger partial charge in [0.1, 0.15) is 10.1 Å². The van der Waals surface area contributed by atoms with E-state index in [-0.39, 0.29) is 37.4 Å². The van der Waals surface area contributed by atoms with Crippen LogP contribution in [0.5, 0.6) is 0 Å². The Morgan fingerprint density at radius 3 is 3.04 bits per heavy atom. The summed E-state index contributed by atoms with van der Waals surface area (Å²) in [5, 5.41) is 9.20. The lowest BCUT2D eigenvalue weighted by Crippen LogP contribution is -2.45. The number of aliphatic hydroxyl groups excluding tert-OH is 1. The number of carbonyl (C=O) groups excluding carboxylic acids is 2. The Balaban J connectivity index is 1.59. The fourth-order valence-electron chi connectivity index (χ4n) is 3.32. The third kappa shape index (κ3) is 4.36. The molecule has 2 fully saturated rings. The van der Waals surface area contributed by atoms with Gasteiger partial charge in [-0.2, -0.15) is 0 Å². The number of aliphatic hydroxyl groups is 1. The van der Waals surface area contributed by atoms with E-state index in [1.54, 1.807) is 24.5 Å². The summed E-state index contributed by atoms with van der Waals surface area (Å²) in [4.78, 5) is 29.0. The highest BCUT2D eigenvalue weighted by Crippen LogP contribution is 2.32. The zero-order valence-electron chi connectivity index (χ0n) is 14.4. The molecule has 1 aromatic heterocycles. The minimum absolute atomic E-state index is 0.0206. The van der Waals surface area contributed by atoms with Crippen molar-refractivity contribution in [1.29, 1.82) is 0 Å². The standard InChI is InChI=1S/C18H22N2O4S2/c21-10-7-13-4-1-2-8-19(13)16(22)6-9-20-17(23)15(26-18(20)25)12-14-5-3-11-24-14/h3,5,11-13,21H,1-2,4,6-10H2. The molecular weight excluding hydrogens is 372 g/mol. The first kappa shape index (κ1) is 19.1. The fourth-order valence-corrected chi connectivity index (χ4v) is 4.61. The van der Waals surface area contributed by atoms with Gasteiger partial charge in [0.15, 0.2) is 0 Å². The first-order chi connectivity index (χ1) is 12.6. The first-order valence-electron chi connectivity index (χ1n) is 8.79. The fraction of sp³-hybridized carbons (Fsp3) is 0.500. The average Bonchev–Trinajstić information content (AvgIpc) is 3.23. The van der Waals surface area contributed by atoms with Gasteiger partial charge >= 0.3 is 0 Å². The van der Waals surface area contributed by atoms with Crippen LogP contribution >= 0.6 is 24.0 Å². The van der Waals surface area contributed by atoms with Gasteiger partial charge in [-0.05, 0) is 37.8 Å². The highest BCUT2D eigenvalue weighted by molar-refractivity contribution is 8.26. The summed E-state index contributed by atoms with van der Waals surface area (Å²) < 4.78 is 5.71. The third-order valence-electron chi connectivity index (χ3n) is 4.65. The van der Waals surface area contributed by atoms with Crippen molar-refractivity contribution in [2.24, 2.45) is 0 Å². The van der Waals surface area contributed by atoms with Gasteiger partial charge in [-0.1, -0.05) is 24.0 Å². The van der Waals surface area contributed by atoms with Crippen LogP contribution < -0.4 is 0 Å². The van der Waals surface area contributed by atoms with E-state index in [0.717, 1.165) is 25.8 Å². The number of furan rings is 1. The molecule has 1 unspecified atom stereocenters. The smallest absolute Gasteiger partial charge is 0.266 e. The van der Waals surface area contributed by atoms with Crippen LogP contribution in [0.15, 0.2) is 27.7 Å². The molecule has 0 aromatic carbocycles. The van der Waals surface area contributed by atoms with Crippen molar-refractivity contribution >= 4 is 46.2 Å². The Labute approximate surface area is 162 Å². The molecule has 8 heteroatoms. The Kier molecular flexibility index (Phi) is 6.50. The summed E-state index contributed by atoms with van der Waals surface area (Å²) in [5.41, 5.74) is 0. The van der Waals surface area contributed by atoms with Crippen LogP contribution in [0.1, 0.15) is 37.9 Å². The normalized spacial score (nSPS) is 22.5. The maximum Gasteiger partial charge on any atom is 0.266 e. The van der Waals surface area contributed by atoms with Gasteiger partial charge in [0.2, 0.25) is 5.91 Å². The van der Waals surface area contributed by atoms with Crippen LogP contribution in [0.4, 0.5) is 0 Å². The van der Waals surface area contributed by atoms with Crippen molar-refractivity contribution in [3.63, 3.8) is 0 Å². The molecule has 2 saturated heterocycles. The predicted molar refractivity (Wildman–Crippen MR) is 104 cm³/mol. The summed E-state index contributed by atoms with van der Waals surface area (Å²) >= 11 is 6.53. The molecule has 2 amide bonds. The molecule has 0 aliphatic carbocycles. The van der Waals surface area contributed by atoms with Crippen molar-refractivity contribution in [2.45, 2.75) is 38.1 Å². The molecule has 0 saturated carbocycles. The summed E-state index contributed by atoms with van der Waals surface area (Å²) in [5.74, 6) is 0.434. The van der Waals surface area contributed by atoms with Crippen molar-refractivity contribution in [3.8, 4) is 0 Å². The van der Waals surface area contributed by atoms with Crippen LogP contribution in [-0.4, -0.2) is 56.8 Å². The Hall–Kier alpha value is -1.64. The van der Waals surface area contributed by atoms with E-state index < -0.39 is 0 Å². The lowest BCUT2D eigenvalue weighted by molar-refractivity contribution is -0.135. The van der Waals surface area contributed by atoms with Gasteiger partial charge in [-0.15, -0.1) is 0 Å². The van der Waals surface area contributed by atoms with Crippen LogP contribution in [0.25, 0.3) is 6.08 Å². The number of likely N-dealkylation sites (tertiary alicyclic amines) is 1. The van der Waals surface area contributed by atoms with Gasteiger partial charge in [-0.25, -0.2) is 0 Å². The second kappa shape index (κ2) is 8.83. The molecule has 0 radical (unpaired) electrons. The summed E-state index contributed by atoms with van der Waals surface area (Å²) in [6.45, 7) is 1.09. The number of thioether (sulfide) groups is 1. The van der Waals surface area contributed by atoms with Gasteiger partial charge in [-0.3, -0.25) is 14.5 Å². The first-order valence-corrected chi connectivity index (χ1v) is 10.0. The van der Waals surface area contributed by atoms with Crippen molar-refractivity contribution in [3.05, 3.63) is 29.1 Å². The lowest BCUT2D eigenvalue weighted by Gasteiger charge is -2.36. The summed E-state index contributed by atoms with van der Waals surface area (Å²) in [6.07, 6.45) is 7.07. The van der Waals surface area contributed by atoms with E-state index in [2.05, 4.69) is 0 Å². The molecule has 2 aliphatic rings. The molecule has 1 atom stereocenters. The van der Waals surface area contributed by atoms with Crippen molar-refractivity contribution < 1.29 is 19.1 Å². The second-order valence-electron chi connectivity index (χ2n) is 6.35. The van der Waals surface area contributed by atoms with E-state index >= 15 is 0 Å². The number of piperidine rings is 1. The number of hydrogen-bond donors (Lipinski definition) is 1. The van der Waals surface area contributed by atoms with E-state index in [0.29, 0.717) is 21.4 Å². The molecular formula is C18H22N2O4S2. The van der Waals surface area contributed by atoms with E-state index in [1.807, 2.05) is 4.90 Å². The second-order valence-corrected chi connectivity index (χ2v) is 8.02. The number of carbonyl (C=O) groups is 2. The Morgan fingerprint density at radius 1 is 1.46 bits per heavy atom. The van der Waals surface area contributed by atoms with E-state index in [1.165, 1.54) is 16.7 Å². The zero-order valence-corrected chi connectivity index (χ0v) is 16.1. The topological polar surface area (TPSA) is 74.0 Å². The molecule has 26 heavy (non-hydrogen) atoms. The molecule has 140 valence electrons. The van der Waals surface area contributed by atoms with Gasteiger partial charge in [0.05, 0.1) is 11.2 Å². The minimum Gasteiger partial charge on any atom is -0.465 e. The largest absolute Gasteiger partial charge is 0.465 e. The molecule has 0 spiro atoms. The molecule has 3 rings (SSSR count). The molecule has 0 bridgehead atoms. The van der Waals surface area contributed by atoms with Crippen LogP contribution in [0.3, 0.4) is 0 Å². The van der Waals surface area contributed by atoms with E-state index in [9.17, 15) is 14.7 Å². The molecule has 1 aromatic rings. The average molecular weight is 395 g/mol. The Morgan fingerprint density at radius 2 is 2.31 bits per heavy atom. The maximum atomic E-state index is 12.6. The monoisotopic (exact) mass is 394 g/mol. The number of amides is 2. The van der Waals surface area contributed by atoms with Gasteiger partial charge < -0.3 is 14.4 Å². The van der Waals surface area contributed by atoms with E-state index in [4.69, 9.17) is 16.6 Å². The lowest BCUT2D eigenvalue weighted by atomic mass is 9.99. The predicted octanol–water partition coefficient (Wildman–Crippen LogP) is 2.63. The molecule has 3 heterocycles. The highest BCUT2D eigenvalue weighted by Gasteiger charge is 2.33. The number of nitrogens with zero attached hydrogens (tertiary/aromatic N) is 2. The van der Waals surface area contributed by atoms with Gasteiger partial charge in [0.25, 0.3) is 5.91 Å².